The van der Waals surface area contributed by atoms with Crippen molar-refractivity contribution in [2.24, 2.45) is 0 Å². The first-order valence-electron chi connectivity index (χ1n) is 5.79. The van der Waals surface area contributed by atoms with Crippen LogP contribution in [0.25, 0.3) is 0 Å². The van der Waals surface area contributed by atoms with E-state index in [4.69, 9.17) is 4.74 Å². The molecule has 1 amide bonds. The van der Waals surface area contributed by atoms with Crippen molar-refractivity contribution in [1.29, 1.82) is 0 Å². The Balaban J connectivity index is 0.00000162. The van der Waals surface area contributed by atoms with Crippen molar-refractivity contribution in [1.82, 2.24) is 15.6 Å². The lowest BCUT2D eigenvalue weighted by atomic mass is 10.1. The third-order valence-electron chi connectivity index (χ3n) is 2.82. The monoisotopic (exact) mass is 307 g/mol. The summed E-state index contributed by atoms with van der Waals surface area (Å²) in [6, 6.07) is 3.51. The van der Waals surface area contributed by atoms with Crippen LogP contribution in [0.15, 0.2) is 24.5 Å². The van der Waals surface area contributed by atoms with Crippen LogP contribution in [0.3, 0.4) is 0 Å². The summed E-state index contributed by atoms with van der Waals surface area (Å²) < 4.78 is 5.43. The van der Waals surface area contributed by atoms with Gasteiger partial charge in [0.1, 0.15) is 6.04 Å². The van der Waals surface area contributed by atoms with Crippen LogP contribution in [0, 0.1) is 0 Å². The Kier molecular flexibility index (Phi) is 8.67. The van der Waals surface area contributed by atoms with Crippen molar-refractivity contribution in [3.05, 3.63) is 30.1 Å². The summed E-state index contributed by atoms with van der Waals surface area (Å²) in [4.78, 5) is 15.8. The highest BCUT2D eigenvalue weighted by atomic mass is 35.5. The number of amides is 1. The fourth-order valence-electron chi connectivity index (χ4n) is 1.83. The van der Waals surface area contributed by atoms with Gasteiger partial charge in [0.05, 0.1) is 12.7 Å². The number of hydrogen-bond acceptors (Lipinski definition) is 4. The summed E-state index contributed by atoms with van der Waals surface area (Å²) in [6.07, 6.45) is 3.35. The first-order chi connectivity index (χ1) is 8.27. The average Bonchev–Trinajstić information content (AvgIpc) is 2.38. The van der Waals surface area contributed by atoms with E-state index in [1.807, 2.05) is 19.1 Å². The molecule has 1 saturated heterocycles. The van der Waals surface area contributed by atoms with E-state index in [9.17, 15) is 4.79 Å². The number of rotatable bonds is 3. The molecule has 0 spiro atoms. The molecule has 1 aromatic rings. The molecule has 2 N–H and O–H groups in total. The molecule has 1 aliphatic rings. The minimum atomic E-state index is -0.259. The first kappa shape index (κ1) is 18.1. The van der Waals surface area contributed by atoms with E-state index < -0.39 is 0 Å². The Hall–Kier alpha value is -0.880. The van der Waals surface area contributed by atoms with Gasteiger partial charge in [0.15, 0.2) is 0 Å². The summed E-state index contributed by atoms with van der Waals surface area (Å²) in [6.45, 7) is 3.81. The SMILES string of the molecule is C[C@H]1OCCN[C@@H]1C(=O)NCc1ccncc1.Cl.Cl. The van der Waals surface area contributed by atoms with Crippen LogP contribution in [0.5, 0.6) is 0 Å². The minimum absolute atomic E-state index is 0. The lowest BCUT2D eigenvalue weighted by Crippen LogP contribution is -2.55. The summed E-state index contributed by atoms with van der Waals surface area (Å²) in [7, 11) is 0. The largest absolute Gasteiger partial charge is 0.375 e. The van der Waals surface area contributed by atoms with E-state index in [1.54, 1.807) is 12.4 Å². The van der Waals surface area contributed by atoms with E-state index in [1.165, 1.54) is 0 Å². The van der Waals surface area contributed by atoms with Crippen LogP contribution in [0.1, 0.15) is 12.5 Å². The van der Waals surface area contributed by atoms with Crippen molar-refractivity contribution in [2.75, 3.05) is 13.2 Å². The third-order valence-corrected chi connectivity index (χ3v) is 2.82. The van der Waals surface area contributed by atoms with E-state index >= 15 is 0 Å². The number of hydrogen-bond donors (Lipinski definition) is 2. The van der Waals surface area contributed by atoms with Crippen LogP contribution >= 0.6 is 24.8 Å². The molecule has 2 heterocycles. The average molecular weight is 308 g/mol. The standard InChI is InChI=1S/C12H17N3O2.2ClH/c1-9-11(14-6-7-17-9)12(16)15-8-10-2-4-13-5-3-10;;/h2-5,9,11,14H,6-8H2,1H3,(H,15,16);2*1H/t9-,11+;;/m1../s1. The van der Waals surface area contributed by atoms with Crippen LogP contribution in [0.2, 0.25) is 0 Å². The normalized spacial score (nSPS) is 21.7. The maximum Gasteiger partial charge on any atom is 0.240 e. The number of nitrogens with one attached hydrogen (secondary N) is 2. The molecule has 2 atom stereocenters. The van der Waals surface area contributed by atoms with Gasteiger partial charge in [0.2, 0.25) is 5.91 Å². The zero-order chi connectivity index (χ0) is 12.1. The maximum absolute atomic E-state index is 11.9. The van der Waals surface area contributed by atoms with Crippen molar-refractivity contribution in [2.45, 2.75) is 25.6 Å². The second kappa shape index (κ2) is 9.09. The molecule has 0 bridgehead atoms. The summed E-state index contributed by atoms with van der Waals surface area (Å²) in [5, 5.41) is 6.05. The van der Waals surface area contributed by atoms with E-state index in [0.29, 0.717) is 13.2 Å². The Morgan fingerprint density at radius 3 is 2.79 bits per heavy atom. The van der Waals surface area contributed by atoms with E-state index in [0.717, 1.165) is 12.1 Å². The lowest BCUT2D eigenvalue weighted by molar-refractivity contribution is -0.129. The molecule has 0 saturated carbocycles. The molecule has 1 aromatic heterocycles. The Morgan fingerprint density at radius 2 is 2.16 bits per heavy atom. The predicted octanol–water partition coefficient (Wildman–Crippen LogP) is 0.918. The van der Waals surface area contributed by atoms with Gasteiger partial charge < -0.3 is 15.4 Å². The summed E-state index contributed by atoms with van der Waals surface area (Å²) in [5.41, 5.74) is 1.04. The molecule has 7 heteroatoms. The van der Waals surface area contributed by atoms with Crippen molar-refractivity contribution in [3.63, 3.8) is 0 Å². The molecule has 108 valence electrons. The minimum Gasteiger partial charge on any atom is -0.375 e. The molecule has 2 rings (SSSR count). The van der Waals surface area contributed by atoms with Crippen LogP contribution in [-0.4, -0.2) is 36.2 Å². The lowest BCUT2D eigenvalue weighted by Gasteiger charge is -2.29. The highest BCUT2D eigenvalue weighted by Crippen LogP contribution is 2.04. The Morgan fingerprint density at radius 1 is 1.47 bits per heavy atom. The van der Waals surface area contributed by atoms with Gasteiger partial charge in [-0.3, -0.25) is 9.78 Å². The molecule has 0 aliphatic carbocycles. The number of nitrogens with zero attached hydrogens (tertiary/aromatic N) is 1. The number of halogens is 2. The van der Waals surface area contributed by atoms with Gasteiger partial charge >= 0.3 is 0 Å². The second-order valence-corrected chi connectivity index (χ2v) is 4.08. The zero-order valence-electron chi connectivity index (χ0n) is 10.7. The van der Waals surface area contributed by atoms with Gasteiger partial charge in [-0.2, -0.15) is 0 Å². The number of aromatic nitrogens is 1. The fraction of sp³-hybridized carbons (Fsp3) is 0.500. The zero-order valence-corrected chi connectivity index (χ0v) is 12.3. The molecule has 0 unspecified atom stereocenters. The van der Waals surface area contributed by atoms with Crippen LogP contribution in [0.4, 0.5) is 0 Å². The highest BCUT2D eigenvalue weighted by molar-refractivity contribution is 5.85. The molecular weight excluding hydrogens is 289 g/mol. The maximum atomic E-state index is 11.9. The molecule has 5 nitrogen and oxygen atoms in total. The van der Waals surface area contributed by atoms with Gasteiger partial charge in [-0.05, 0) is 24.6 Å². The number of carbonyl (C=O) groups is 1. The second-order valence-electron chi connectivity index (χ2n) is 4.08. The number of morpholine rings is 1. The fourth-order valence-corrected chi connectivity index (χ4v) is 1.83. The Bertz CT molecular complexity index is 378. The van der Waals surface area contributed by atoms with Crippen molar-refractivity contribution in [3.8, 4) is 0 Å². The van der Waals surface area contributed by atoms with E-state index in [2.05, 4.69) is 15.6 Å². The van der Waals surface area contributed by atoms with Crippen LogP contribution < -0.4 is 10.6 Å². The molecule has 0 aromatic carbocycles. The molecule has 1 aliphatic heterocycles. The summed E-state index contributed by atoms with van der Waals surface area (Å²) >= 11 is 0. The number of carbonyl (C=O) groups excluding carboxylic acids is 1. The van der Waals surface area contributed by atoms with Gasteiger partial charge in [0, 0.05) is 25.5 Å². The number of pyridine rings is 1. The topological polar surface area (TPSA) is 63.2 Å². The smallest absolute Gasteiger partial charge is 0.240 e. The summed E-state index contributed by atoms with van der Waals surface area (Å²) in [5.74, 6) is -0.0194. The molecule has 19 heavy (non-hydrogen) atoms. The van der Waals surface area contributed by atoms with Crippen molar-refractivity contribution < 1.29 is 9.53 Å². The first-order valence-corrected chi connectivity index (χ1v) is 5.79. The third kappa shape index (κ3) is 5.32. The van der Waals surface area contributed by atoms with E-state index in [-0.39, 0.29) is 42.9 Å². The van der Waals surface area contributed by atoms with Gasteiger partial charge in [-0.25, -0.2) is 0 Å². The quantitative estimate of drug-likeness (QED) is 0.871. The molecular formula is C12H19Cl2N3O2. The molecule has 1 fully saturated rings. The van der Waals surface area contributed by atoms with Gasteiger partial charge in [0.25, 0.3) is 0 Å². The Labute approximate surface area is 125 Å². The van der Waals surface area contributed by atoms with Crippen molar-refractivity contribution >= 4 is 30.7 Å². The number of ether oxygens (including phenoxy) is 1. The highest BCUT2D eigenvalue weighted by Gasteiger charge is 2.27. The predicted molar refractivity (Wildman–Crippen MR) is 77.8 cm³/mol. The van der Waals surface area contributed by atoms with Gasteiger partial charge in [-0.15, -0.1) is 24.8 Å². The van der Waals surface area contributed by atoms with Gasteiger partial charge in [-0.1, -0.05) is 0 Å². The molecule has 0 radical (unpaired) electrons. The van der Waals surface area contributed by atoms with Crippen LogP contribution in [-0.2, 0) is 16.1 Å².